The largest absolute Gasteiger partial charge is 0.337 e. The summed E-state index contributed by atoms with van der Waals surface area (Å²) >= 11 is 11.8. The summed E-state index contributed by atoms with van der Waals surface area (Å²) in [6.45, 7) is 0.137. The highest BCUT2D eigenvalue weighted by molar-refractivity contribution is 6.35. The van der Waals surface area contributed by atoms with E-state index in [2.05, 4.69) is 4.98 Å². The highest BCUT2D eigenvalue weighted by Crippen LogP contribution is 2.22. The second-order valence-corrected chi connectivity index (χ2v) is 5.20. The van der Waals surface area contributed by atoms with Crippen LogP contribution in [0, 0.1) is 11.8 Å². The number of halogens is 4. The molecule has 0 saturated carbocycles. The van der Waals surface area contributed by atoms with Gasteiger partial charge in [-0.3, -0.25) is 4.79 Å². The summed E-state index contributed by atoms with van der Waals surface area (Å²) in [5.74, 6) is -3.24. The highest BCUT2D eigenvalue weighted by atomic mass is 35.5. The number of hydrogen-bond acceptors (Lipinski definition) is 2. The Kier molecular flexibility index (Phi) is 4.75. The van der Waals surface area contributed by atoms with Gasteiger partial charge in [0.15, 0.2) is 5.82 Å². The Balaban J connectivity index is 2.21. The molecule has 0 aliphatic carbocycles. The first-order valence-corrected chi connectivity index (χ1v) is 6.65. The lowest BCUT2D eigenvalue weighted by molar-refractivity contribution is 0.0779. The maximum absolute atomic E-state index is 13.6. The third kappa shape index (κ3) is 3.49. The minimum absolute atomic E-state index is 0.137. The van der Waals surface area contributed by atoms with Crippen LogP contribution >= 0.6 is 23.2 Å². The van der Waals surface area contributed by atoms with Gasteiger partial charge in [-0.2, -0.15) is 4.39 Å². The summed E-state index contributed by atoms with van der Waals surface area (Å²) in [5, 5.41) is 0.864. The van der Waals surface area contributed by atoms with Gasteiger partial charge in [0.1, 0.15) is 0 Å². The molecule has 2 rings (SSSR count). The van der Waals surface area contributed by atoms with Crippen molar-refractivity contribution < 1.29 is 13.6 Å². The highest BCUT2D eigenvalue weighted by Gasteiger charge is 2.20. The molecule has 0 spiro atoms. The molecule has 2 aromatic rings. The van der Waals surface area contributed by atoms with Gasteiger partial charge in [0.25, 0.3) is 5.91 Å². The summed E-state index contributed by atoms with van der Waals surface area (Å²) < 4.78 is 26.6. The number of aromatic nitrogens is 1. The summed E-state index contributed by atoms with van der Waals surface area (Å²) in [6, 6.07) is 5.97. The molecule has 0 N–H and O–H groups in total. The minimum atomic E-state index is -1.31. The molecule has 0 aliphatic rings. The number of carbonyl (C=O) groups is 1. The molecule has 0 saturated heterocycles. The molecule has 0 atom stereocenters. The maximum Gasteiger partial charge on any atom is 0.257 e. The van der Waals surface area contributed by atoms with E-state index >= 15 is 0 Å². The Bertz CT molecular complexity index is 695. The fourth-order valence-corrected chi connectivity index (χ4v) is 2.23. The zero-order valence-electron chi connectivity index (χ0n) is 10.9. The number of nitrogens with zero attached hydrogens (tertiary/aromatic N) is 2. The monoisotopic (exact) mass is 330 g/mol. The van der Waals surface area contributed by atoms with Crippen molar-refractivity contribution in [3.05, 3.63) is 63.4 Å². The van der Waals surface area contributed by atoms with E-state index in [1.807, 2.05) is 0 Å². The molecule has 1 heterocycles. The third-order valence-electron chi connectivity index (χ3n) is 2.85. The predicted molar refractivity (Wildman–Crippen MR) is 76.4 cm³/mol. The zero-order chi connectivity index (χ0) is 15.6. The average molecular weight is 331 g/mol. The molecule has 0 fully saturated rings. The smallest absolute Gasteiger partial charge is 0.257 e. The normalized spacial score (nSPS) is 10.5. The molecule has 0 bridgehead atoms. The zero-order valence-corrected chi connectivity index (χ0v) is 12.4. The van der Waals surface area contributed by atoms with E-state index in [0.717, 1.165) is 12.3 Å². The van der Waals surface area contributed by atoms with E-state index in [4.69, 9.17) is 23.2 Å². The fourth-order valence-electron chi connectivity index (χ4n) is 1.77. The van der Waals surface area contributed by atoms with Crippen molar-refractivity contribution in [2.75, 3.05) is 7.05 Å². The lowest BCUT2D eigenvalue weighted by Gasteiger charge is -2.18. The number of pyridine rings is 1. The van der Waals surface area contributed by atoms with E-state index in [-0.39, 0.29) is 12.1 Å². The number of carbonyl (C=O) groups excluding carboxylic acids is 1. The van der Waals surface area contributed by atoms with Crippen molar-refractivity contribution in [3.8, 4) is 0 Å². The van der Waals surface area contributed by atoms with Gasteiger partial charge in [-0.15, -0.1) is 0 Å². The second kappa shape index (κ2) is 6.37. The number of benzene rings is 1. The van der Waals surface area contributed by atoms with Crippen LogP contribution in [0.15, 0.2) is 30.5 Å². The van der Waals surface area contributed by atoms with Crippen molar-refractivity contribution in [1.82, 2.24) is 9.88 Å². The third-order valence-corrected chi connectivity index (χ3v) is 3.43. The lowest BCUT2D eigenvalue weighted by atomic mass is 10.2. The van der Waals surface area contributed by atoms with Crippen molar-refractivity contribution in [2.24, 2.45) is 0 Å². The van der Waals surface area contributed by atoms with E-state index in [0.29, 0.717) is 15.6 Å². The van der Waals surface area contributed by atoms with Gasteiger partial charge >= 0.3 is 0 Å². The van der Waals surface area contributed by atoms with Crippen LogP contribution in [-0.2, 0) is 6.54 Å². The summed E-state index contributed by atoms with van der Waals surface area (Å²) in [4.78, 5) is 16.5. The van der Waals surface area contributed by atoms with Gasteiger partial charge in [0, 0.05) is 29.8 Å². The van der Waals surface area contributed by atoms with Crippen molar-refractivity contribution in [1.29, 1.82) is 0 Å². The summed E-state index contributed by atoms with van der Waals surface area (Å²) in [5.41, 5.74) is 0.266. The van der Waals surface area contributed by atoms with E-state index < -0.39 is 17.7 Å². The number of amides is 1. The van der Waals surface area contributed by atoms with Crippen LogP contribution < -0.4 is 0 Å². The van der Waals surface area contributed by atoms with Crippen molar-refractivity contribution in [3.63, 3.8) is 0 Å². The molecule has 7 heteroatoms. The van der Waals surface area contributed by atoms with Gasteiger partial charge in [-0.05, 0) is 23.8 Å². The first-order chi connectivity index (χ1) is 9.90. The molecule has 21 heavy (non-hydrogen) atoms. The topological polar surface area (TPSA) is 33.2 Å². The van der Waals surface area contributed by atoms with Crippen LogP contribution in [0.5, 0.6) is 0 Å². The SMILES string of the molecule is CN(Cc1ccc(Cl)cc1Cl)C(=O)c1ccnc(F)c1F. The second-order valence-electron chi connectivity index (χ2n) is 4.36. The molecule has 0 aliphatic heterocycles. The molecule has 0 radical (unpaired) electrons. The Labute approximate surface area is 130 Å². The first-order valence-electron chi connectivity index (χ1n) is 5.89. The summed E-state index contributed by atoms with van der Waals surface area (Å²) in [6.07, 6.45) is 1.04. The first kappa shape index (κ1) is 15.7. The Morgan fingerprint density at radius 3 is 2.67 bits per heavy atom. The average Bonchev–Trinajstić information content (AvgIpc) is 2.44. The molecule has 3 nitrogen and oxygen atoms in total. The summed E-state index contributed by atoms with van der Waals surface area (Å²) in [7, 11) is 1.46. The lowest BCUT2D eigenvalue weighted by Crippen LogP contribution is -2.27. The van der Waals surface area contributed by atoms with Crippen molar-refractivity contribution in [2.45, 2.75) is 6.54 Å². The molecule has 1 amide bonds. The molecule has 0 unspecified atom stereocenters. The van der Waals surface area contributed by atoms with Crippen LogP contribution in [0.3, 0.4) is 0 Å². The van der Waals surface area contributed by atoms with Crippen LogP contribution in [0.1, 0.15) is 15.9 Å². The van der Waals surface area contributed by atoms with Gasteiger partial charge in [0.2, 0.25) is 5.95 Å². The number of hydrogen-bond donors (Lipinski definition) is 0. The quantitative estimate of drug-likeness (QED) is 0.798. The van der Waals surface area contributed by atoms with Gasteiger partial charge in [0.05, 0.1) is 5.56 Å². The Morgan fingerprint density at radius 1 is 1.29 bits per heavy atom. The van der Waals surface area contributed by atoms with Crippen LogP contribution in [0.25, 0.3) is 0 Å². The minimum Gasteiger partial charge on any atom is -0.337 e. The molecular weight excluding hydrogens is 321 g/mol. The van der Waals surface area contributed by atoms with E-state index in [1.54, 1.807) is 18.2 Å². The molecule has 1 aromatic heterocycles. The van der Waals surface area contributed by atoms with Gasteiger partial charge in [-0.1, -0.05) is 29.3 Å². The maximum atomic E-state index is 13.6. The Morgan fingerprint density at radius 2 is 2.00 bits per heavy atom. The van der Waals surface area contributed by atoms with Crippen LogP contribution in [0.4, 0.5) is 8.78 Å². The molecule has 1 aromatic carbocycles. The van der Waals surface area contributed by atoms with E-state index in [9.17, 15) is 13.6 Å². The molecular formula is C14H10Cl2F2N2O. The Hall–Kier alpha value is -1.72. The number of rotatable bonds is 3. The van der Waals surface area contributed by atoms with Crippen molar-refractivity contribution >= 4 is 29.1 Å². The van der Waals surface area contributed by atoms with Crippen LogP contribution in [-0.4, -0.2) is 22.8 Å². The predicted octanol–water partition coefficient (Wildman–Crippen LogP) is 3.94. The van der Waals surface area contributed by atoms with Gasteiger partial charge < -0.3 is 4.90 Å². The van der Waals surface area contributed by atoms with E-state index in [1.165, 1.54) is 11.9 Å². The fraction of sp³-hybridized carbons (Fsp3) is 0.143. The van der Waals surface area contributed by atoms with Gasteiger partial charge in [-0.25, -0.2) is 9.37 Å². The molecule has 110 valence electrons. The standard InChI is InChI=1S/C14H10Cl2F2N2O/c1-20(7-8-2-3-9(15)6-11(8)16)14(21)10-4-5-19-13(18)12(10)17/h2-6H,7H2,1H3. The van der Waals surface area contributed by atoms with Crippen LogP contribution in [0.2, 0.25) is 10.0 Å².